The average Bonchev–Trinajstić information content (AvgIpc) is 3.43. The number of hydrogen-bond acceptors (Lipinski definition) is 9. The lowest BCUT2D eigenvalue weighted by Crippen LogP contribution is -2.79. The molecular formula is C35H46O9. The Hall–Kier alpha value is -2.23. The summed E-state index contributed by atoms with van der Waals surface area (Å²) in [6.45, 7) is 8.53. The summed E-state index contributed by atoms with van der Waals surface area (Å²) in [6.07, 6.45) is 7.55. The molecule has 0 bridgehead atoms. The number of cyclic esters (lactones) is 2. The van der Waals surface area contributed by atoms with E-state index in [9.17, 15) is 14.7 Å². The van der Waals surface area contributed by atoms with Crippen LogP contribution in [0.1, 0.15) is 104 Å². The fourth-order valence-electron chi connectivity index (χ4n) is 12.1. The standard InChI is InChI=1S/C35H46O9/c1-19(2)10-14-32(4)26-25(37)27(38)34(21-8-6-5-7-9-21)22(33(26)18-41-24(36)16-23(33)43-32)11-13-31(3)28(20-12-15-40-17-20)42-30(39)29-35(31,34)44-29/h12,15,17,19,21-23,26-29,38H,5-11,13-14,16,18H2,1-4H3/t22?,23-,26-,27+,28-,29+,31+,32+,33+,34+,35-/m0/s1. The van der Waals surface area contributed by atoms with Gasteiger partial charge in [-0.15, -0.1) is 0 Å². The smallest absolute Gasteiger partial charge is 0.339 e. The first-order valence-corrected chi connectivity index (χ1v) is 16.9. The third-order valence-corrected chi connectivity index (χ3v) is 13.7. The number of ether oxygens (including phenoxy) is 4. The normalized spacial score (nSPS) is 49.7. The Morgan fingerprint density at radius 1 is 1.02 bits per heavy atom. The highest BCUT2D eigenvalue weighted by Gasteiger charge is 2.92. The number of ketones is 1. The van der Waals surface area contributed by atoms with E-state index in [4.69, 9.17) is 23.4 Å². The SMILES string of the molecule is CC(C)CC[C@@]1(C)O[C@H]2CC(=O)OC[C@@]23C2CC[C@]4(C)[C@H](c5ccoc5)OC(=O)[C@H]5O[C@@]54[C@@]2(C2CCCCC2)[C@H](O)C(=O)[C@H]31. The van der Waals surface area contributed by atoms with Crippen molar-refractivity contribution >= 4 is 17.7 Å². The van der Waals surface area contributed by atoms with Crippen molar-refractivity contribution in [1.29, 1.82) is 0 Å². The van der Waals surface area contributed by atoms with Gasteiger partial charge in [-0.3, -0.25) is 9.59 Å². The van der Waals surface area contributed by atoms with Crippen LogP contribution in [0.15, 0.2) is 23.0 Å². The lowest BCUT2D eigenvalue weighted by Gasteiger charge is -2.70. The van der Waals surface area contributed by atoms with Crippen LogP contribution < -0.4 is 0 Å². The summed E-state index contributed by atoms with van der Waals surface area (Å²) in [7, 11) is 0. The molecule has 0 amide bonds. The monoisotopic (exact) mass is 610 g/mol. The van der Waals surface area contributed by atoms with Gasteiger partial charge in [0.15, 0.2) is 11.9 Å². The fourth-order valence-corrected chi connectivity index (χ4v) is 12.1. The second-order valence-corrected chi connectivity index (χ2v) is 16.0. The molecule has 1 N–H and O–H groups in total. The van der Waals surface area contributed by atoms with Crippen molar-refractivity contribution in [2.45, 2.75) is 128 Å². The molecule has 8 rings (SSSR count). The van der Waals surface area contributed by atoms with E-state index in [-0.39, 0.29) is 36.6 Å². The highest BCUT2D eigenvalue weighted by atomic mass is 16.7. The van der Waals surface area contributed by atoms with Crippen molar-refractivity contribution in [3.63, 3.8) is 0 Å². The van der Waals surface area contributed by atoms with E-state index in [1.807, 2.05) is 13.0 Å². The second-order valence-electron chi connectivity index (χ2n) is 16.0. The Labute approximate surface area is 258 Å². The molecule has 9 nitrogen and oxygen atoms in total. The molecule has 1 aromatic rings. The summed E-state index contributed by atoms with van der Waals surface area (Å²) < 4.78 is 31.3. The van der Waals surface area contributed by atoms with E-state index in [1.165, 1.54) is 0 Å². The number of furan rings is 1. The summed E-state index contributed by atoms with van der Waals surface area (Å²) in [5.41, 5.74) is -3.78. The van der Waals surface area contributed by atoms with Gasteiger partial charge in [0.05, 0.1) is 36.6 Å². The number of fused-ring (bicyclic) bond motifs is 1. The Morgan fingerprint density at radius 3 is 2.50 bits per heavy atom. The lowest BCUT2D eigenvalue weighted by atomic mass is 9.33. The Balaban J connectivity index is 1.36. The van der Waals surface area contributed by atoms with E-state index in [0.717, 1.165) is 44.1 Å². The first-order valence-electron chi connectivity index (χ1n) is 16.9. The van der Waals surface area contributed by atoms with E-state index in [0.29, 0.717) is 25.2 Å². The van der Waals surface area contributed by atoms with Gasteiger partial charge in [-0.1, -0.05) is 40.0 Å². The largest absolute Gasteiger partial charge is 0.472 e. The third kappa shape index (κ3) is 3.29. The predicted molar refractivity (Wildman–Crippen MR) is 155 cm³/mol. The van der Waals surface area contributed by atoms with Crippen LogP contribution >= 0.6 is 0 Å². The van der Waals surface area contributed by atoms with E-state index < -0.39 is 63.8 Å². The number of Topliss-reactive ketones (excluding diaryl/α,β-unsaturated/α-hetero) is 1. The van der Waals surface area contributed by atoms with E-state index in [2.05, 4.69) is 20.8 Å². The number of hydrogen-bond donors (Lipinski definition) is 1. The molecule has 7 fully saturated rings. The minimum Gasteiger partial charge on any atom is -0.472 e. The highest BCUT2D eigenvalue weighted by molar-refractivity contribution is 5.92. The fraction of sp³-hybridized carbons (Fsp3) is 0.800. The lowest BCUT2D eigenvalue weighted by molar-refractivity contribution is -0.275. The van der Waals surface area contributed by atoms with Crippen molar-refractivity contribution in [3.8, 4) is 0 Å². The maximum absolute atomic E-state index is 15.2. The van der Waals surface area contributed by atoms with Gasteiger partial charge in [0, 0.05) is 21.8 Å². The average molecular weight is 611 g/mol. The molecule has 5 heterocycles. The molecule has 1 unspecified atom stereocenters. The molecular weight excluding hydrogens is 564 g/mol. The summed E-state index contributed by atoms with van der Waals surface area (Å²) in [4.78, 5) is 41.8. The van der Waals surface area contributed by atoms with Gasteiger partial charge in [0.1, 0.15) is 24.4 Å². The number of aliphatic hydroxyl groups is 1. The second kappa shape index (κ2) is 9.41. The summed E-state index contributed by atoms with van der Waals surface area (Å²) >= 11 is 0. The molecule has 3 saturated carbocycles. The van der Waals surface area contributed by atoms with Gasteiger partial charge in [-0.2, -0.15) is 0 Å². The quantitative estimate of drug-likeness (QED) is 0.359. The van der Waals surface area contributed by atoms with Crippen LogP contribution in [0.2, 0.25) is 0 Å². The van der Waals surface area contributed by atoms with Crippen LogP contribution in [0, 0.1) is 39.9 Å². The summed E-state index contributed by atoms with van der Waals surface area (Å²) in [5.74, 6) is -1.50. The van der Waals surface area contributed by atoms with Crippen molar-refractivity contribution in [3.05, 3.63) is 24.2 Å². The predicted octanol–water partition coefficient (Wildman–Crippen LogP) is 5.08. The Kier molecular flexibility index (Phi) is 6.24. The van der Waals surface area contributed by atoms with Gasteiger partial charge in [0.25, 0.3) is 0 Å². The van der Waals surface area contributed by atoms with E-state index >= 15 is 4.79 Å². The Bertz CT molecular complexity index is 1370. The van der Waals surface area contributed by atoms with Crippen molar-refractivity contribution in [1.82, 2.24) is 0 Å². The number of epoxide rings is 1. The zero-order chi connectivity index (χ0) is 30.9. The molecule has 4 saturated heterocycles. The molecule has 11 atom stereocenters. The first-order chi connectivity index (χ1) is 21.0. The molecule has 4 aliphatic heterocycles. The van der Waals surface area contributed by atoms with Crippen LogP contribution in [-0.2, 0) is 33.3 Å². The zero-order valence-corrected chi connectivity index (χ0v) is 26.3. The number of carbonyl (C=O) groups excluding carboxylic acids is 3. The van der Waals surface area contributed by atoms with Crippen molar-refractivity contribution in [2.75, 3.05) is 6.61 Å². The van der Waals surface area contributed by atoms with Crippen LogP contribution in [-0.4, -0.2) is 58.9 Å². The number of aliphatic hydroxyl groups excluding tert-OH is 1. The first kappa shape index (κ1) is 29.2. The Morgan fingerprint density at radius 2 is 1.80 bits per heavy atom. The molecule has 7 aliphatic rings. The van der Waals surface area contributed by atoms with Crippen molar-refractivity contribution < 1.29 is 42.9 Å². The van der Waals surface area contributed by atoms with E-state index in [1.54, 1.807) is 12.5 Å². The third-order valence-electron chi connectivity index (χ3n) is 13.7. The number of carbonyl (C=O) groups is 3. The summed E-state index contributed by atoms with van der Waals surface area (Å²) in [5, 5.41) is 12.9. The molecule has 0 aromatic carbocycles. The van der Waals surface area contributed by atoms with Crippen LogP contribution in [0.25, 0.3) is 0 Å². The van der Waals surface area contributed by atoms with Gasteiger partial charge in [-0.25, -0.2) is 4.79 Å². The maximum Gasteiger partial charge on any atom is 0.339 e. The molecule has 0 radical (unpaired) electrons. The van der Waals surface area contributed by atoms with Crippen LogP contribution in [0.3, 0.4) is 0 Å². The number of esters is 2. The maximum atomic E-state index is 15.2. The van der Waals surface area contributed by atoms with Gasteiger partial charge >= 0.3 is 11.9 Å². The van der Waals surface area contributed by atoms with Crippen molar-refractivity contribution in [2.24, 2.45) is 39.9 Å². The van der Waals surface area contributed by atoms with Crippen LogP contribution in [0.4, 0.5) is 0 Å². The molecule has 44 heavy (non-hydrogen) atoms. The zero-order valence-electron chi connectivity index (χ0n) is 26.3. The highest BCUT2D eigenvalue weighted by Crippen LogP contribution is 2.82. The molecule has 2 spiro atoms. The molecule has 1 aromatic heterocycles. The minimum atomic E-state index is -1.34. The topological polar surface area (TPSA) is 125 Å². The number of rotatable bonds is 5. The van der Waals surface area contributed by atoms with Gasteiger partial charge in [0.2, 0.25) is 0 Å². The van der Waals surface area contributed by atoms with Gasteiger partial charge in [-0.05, 0) is 69.3 Å². The minimum absolute atomic E-state index is 0.0446. The molecule has 3 aliphatic carbocycles. The summed E-state index contributed by atoms with van der Waals surface area (Å²) in [6, 6.07) is 1.83. The molecule has 9 heteroatoms. The molecule has 240 valence electrons. The van der Waals surface area contributed by atoms with Crippen LogP contribution in [0.5, 0.6) is 0 Å². The van der Waals surface area contributed by atoms with Gasteiger partial charge < -0.3 is 28.5 Å².